The summed E-state index contributed by atoms with van der Waals surface area (Å²) in [5.41, 5.74) is 0.248. The summed E-state index contributed by atoms with van der Waals surface area (Å²) in [6.07, 6.45) is -2.87. The maximum atomic E-state index is 14.0. The average Bonchev–Trinajstić information content (AvgIpc) is 3.56. The van der Waals surface area contributed by atoms with E-state index in [1.165, 1.54) is 18.2 Å². The number of aryl methyl sites for hydroxylation is 1. The zero-order valence-corrected chi connectivity index (χ0v) is 26.1. The van der Waals surface area contributed by atoms with E-state index in [9.17, 15) is 35.6 Å². The van der Waals surface area contributed by atoms with Gasteiger partial charge in [-0.15, -0.1) is 0 Å². The Morgan fingerprint density at radius 1 is 1.11 bits per heavy atom. The molecule has 1 saturated carbocycles. The monoisotopic (exact) mass is 659 g/mol. The molecule has 0 spiro atoms. The molecule has 3 atom stereocenters. The number of ether oxygens (including phenoxy) is 1. The maximum absolute atomic E-state index is 14.0. The summed E-state index contributed by atoms with van der Waals surface area (Å²) in [4.78, 5) is 33.5. The minimum atomic E-state index is -4.15. The lowest BCUT2D eigenvalue weighted by Gasteiger charge is -2.34. The van der Waals surface area contributed by atoms with E-state index >= 15 is 0 Å². The third kappa shape index (κ3) is 6.97. The highest BCUT2D eigenvalue weighted by Gasteiger charge is 2.68. The van der Waals surface area contributed by atoms with Crippen molar-refractivity contribution >= 4 is 44.9 Å². The molecule has 45 heavy (non-hydrogen) atoms. The number of anilines is 4. The first-order chi connectivity index (χ1) is 21.1. The molecule has 0 bridgehead atoms. The highest BCUT2D eigenvalue weighted by molar-refractivity contribution is 7.93. The molecule has 5 rings (SSSR count). The number of rotatable bonds is 10. The van der Waals surface area contributed by atoms with Crippen molar-refractivity contribution in [1.29, 1.82) is 0 Å². The zero-order valence-electron chi connectivity index (χ0n) is 25.3. The minimum absolute atomic E-state index is 0. The highest BCUT2D eigenvalue weighted by atomic mass is 32.2. The number of hydrogen-bond donors (Lipinski definition) is 2. The molecule has 2 unspecified atom stereocenters. The first kappa shape index (κ1) is 32.8. The van der Waals surface area contributed by atoms with Gasteiger partial charge in [-0.2, -0.15) is 0 Å². The summed E-state index contributed by atoms with van der Waals surface area (Å²) in [7, 11) is -4.15. The Balaban J connectivity index is 0.00000300. The smallest absolute Gasteiger partial charge is 0.323 e. The number of alkyl halides is 4. The Labute approximate surface area is 262 Å². The second-order valence-electron chi connectivity index (χ2n) is 12.1. The highest BCUT2D eigenvalue weighted by Crippen LogP contribution is 2.66. The van der Waals surface area contributed by atoms with Gasteiger partial charge in [-0.05, 0) is 68.0 Å². The Morgan fingerprint density at radius 2 is 1.80 bits per heavy atom. The van der Waals surface area contributed by atoms with Gasteiger partial charge in [0.05, 0.1) is 23.5 Å². The van der Waals surface area contributed by atoms with Crippen LogP contribution in [0.2, 0.25) is 0 Å². The molecule has 3 heterocycles. The largest absolute Gasteiger partial charge is 0.465 e. The molecule has 250 valence electrons. The number of nitrogens with one attached hydrogen (secondary N) is 2. The number of hydrogen-bond acceptors (Lipinski definition) is 8. The normalized spacial score (nSPS) is 24.2. The molecule has 2 aromatic rings. The van der Waals surface area contributed by atoms with Crippen molar-refractivity contribution in [3.8, 4) is 0 Å². The lowest BCUT2D eigenvalue weighted by molar-refractivity contribution is -0.139. The lowest BCUT2D eigenvalue weighted by Crippen LogP contribution is -2.39. The van der Waals surface area contributed by atoms with Crippen molar-refractivity contribution in [2.75, 3.05) is 58.4 Å². The van der Waals surface area contributed by atoms with Gasteiger partial charge >= 0.3 is 5.97 Å². The molecule has 2 saturated heterocycles. The van der Waals surface area contributed by atoms with E-state index in [-0.39, 0.29) is 83.8 Å². The molecule has 0 radical (unpaired) electrons. The summed E-state index contributed by atoms with van der Waals surface area (Å²) >= 11 is 0. The first-order valence-corrected chi connectivity index (χ1v) is 16.6. The Bertz CT molecular complexity index is 1580. The number of piperidine rings is 2. The van der Waals surface area contributed by atoms with E-state index in [1.807, 2.05) is 0 Å². The average molecular weight is 660 g/mol. The summed E-state index contributed by atoms with van der Waals surface area (Å²) in [5, 5.41) is 2.77. The van der Waals surface area contributed by atoms with Gasteiger partial charge in [-0.3, -0.25) is 14.3 Å². The van der Waals surface area contributed by atoms with Gasteiger partial charge < -0.3 is 19.9 Å². The number of nitrogens with zero attached hydrogens (tertiary/aromatic N) is 3. The van der Waals surface area contributed by atoms with Crippen molar-refractivity contribution in [3.05, 3.63) is 41.5 Å². The van der Waals surface area contributed by atoms with Crippen LogP contribution >= 0.6 is 0 Å². The van der Waals surface area contributed by atoms with Crippen LogP contribution in [0.15, 0.2) is 30.3 Å². The first-order valence-electron chi connectivity index (χ1n) is 14.9. The summed E-state index contributed by atoms with van der Waals surface area (Å²) in [6, 6.07) is 7.63. The number of esters is 1. The molecular weight excluding hydrogens is 618 g/mol. The predicted molar refractivity (Wildman–Crippen MR) is 166 cm³/mol. The van der Waals surface area contributed by atoms with Gasteiger partial charge in [0.25, 0.3) is 11.8 Å². The molecule has 3 aliphatic rings. The number of pyridine rings is 1. The number of halogens is 4. The number of amides is 1. The van der Waals surface area contributed by atoms with Crippen molar-refractivity contribution in [2.45, 2.75) is 52.4 Å². The topological polar surface area (TPSA) is 121 Å². The quantitative estimate of drug-likeness (QED) is 0.257. The van der Waals surface area contributed by atoms with Crippen molar-refractivity contribution in [1.82, 2.24) is 4.98 Å². The number of sulfonamides is 1. The standard InChI is InChI=1S/C30H37F4N5O5S.2H2/c1-4-44-26(40)17-45(42,43)37-20-5-6-21(23(15-20)39-12-9-30(28(31)32)19(3)22(30)16-39)27(41)36-24-13-18(2)14-25(35-24)38-10-7-29(33,34)8-11-38;;/h5-6,13-15,19,22,28,37H,4,7-12,16-17H2,1-3H3,(H,35,36,41);2*1H/t19?,22?,30-;;/m1../s1. The second-order valence-corrected chi connectivity index (χ2v) is 13.8. The predicted octanol–water partition coefficient (Wildman–Crippen LogP) is 5.40. The molecular formula is C30H41F4N5O5S. The van der Waals surface area contributed by atoms with E-state index in [2.05, 4.69) is 15.0 Å². The van der Waals surface area contributed by atoms with Gasteiger partial charge in [0.1, 0.15) is 11.6 Å². The number of carbonyl (C=O) groups excluding carboxylic acids is 2. The van der Waals surface area contributed by atoms with Crippen molar-refractivity contribution < 1.29 is 43.2 Å². The van der Waals surface area contributed by atoms with Crippen molar-refractivity contribution in [3.63, 3.8) is 0 Å². The minimum Gasteiger partial charge on any atom is -0.465 e. The Morgan fingerprint density at radius 3 is 2.44 bits per heavy atom. The number of aromatic nitrogens is 1. The molecule has 15 heteroatoms. The van der Waals surface area contributed by atoms with Crippen LogP contribution in [0.25, 0.3) is 0 Å². The summed E-state index contributed by atoms with van der Waals surface area (Å²) in [5.74, 6) is -5.00. The van der Waals surface area contributed by atoms with Gasteiger partial charge in [0.2, 0.25) is 16.4 Å². The van der Waals surface area contributed by atoms with Gasteiger partial charge in [-0.1, -0.05) is 6.92 Å². The zero-order chi connectivity index (χ0) is 32.7. The van der Waals surface area contributed by atoms with Crippen molar-refractivity contribution in [2.24, 2.45) is 17.3 Å². The van der Waals surface area contributed by atoms with Gasteiger partial charge in [0.15, 0.2) is 5.75 Å². The molecule has 3 fully saturated rings. The van der Waals surface area contributed by atoms with E-state index < -0.39 is 45.4 Å². The second kappa shape index (κ2) is 12.3. The lowest BCUT2D eigenvalue weighted by atomic mass is 9.94. The Hall–Kier alpha value is -3.62. The molecule has 1 amide bonds. The Kier molecular flexibility index (Phi) is 8.95. The van der Waals surface area contributed by atoms with Crippen LogP contribution in [0.1, 0.15) is 51.9 Å². The van der Waals surface area contributed by atoms with Crippen LogP contribution in [-0.2, 0) is 19.6 Å². The molecule has 2 aliphatic heterocycles. The van der Waals surface area contributed by atoms with Gasteiger partial charge in [0, 0.05) is 47.3 Å². The maximum Gasteiger partial charge on any atom is 0.323 e. The summed E-state index contributed by atoms with van der Waals surface area (Å²) in [6.45, 7) is 5.85. The molecule has 1 aliphatic carbocycles. The fourth-order valence-corrected chi connectivity index (χ4v) is 7.54. The van der Waals surface area contributed by atoms with Crippen LogP contribution in [0.5, 0.6) is 0 Å². The fourth-order valence-electron chi connectivity index (χ4n) is 6.59. The van der Waals surface area contributed by atoms with Crippen LogP contribution in [0.4, 0.5) is 40.6 Å². The molecule has 2 N–H and O–H groups in total. The van der Waals surface area contributed by atoms with E-state index in [0.29, 0.717) is 11.5 Å². The molecule has 10 nitrogen and oxygen atoms in total. The summed E-state index contributed by atoms with van der Waals surface area (Å²) < 4.78 is 87.7. The van der Waals surface area contributed by atoms with Gasteiger partial charge in [-0.25, -0.2) is 31.0 Å². The van der Waals surface area contributed by atoms with Crippen LogP contribution in [-0.4, -0.2) is 76.2 Å². The molecule has 1 aromatic heterocycles. The third-order valence-electron chi connectivity index (χ3n) is 9.16. The SMILES string of the molecule is CCOC(=O)CS(=O)(=O)Nc1ccc(C(=O)Nc2cc(C)cc(N3CCC(F)(F)CC3)n2)c(N2CC[C@@]3(C(F)F)C(C)C3C2)c1.[HH].[HH]. The number of carbonyl (C=O) groups is 2. The van der Waals surface area contributed by atoms with Crippen LogP contribution in [0, 0.1) is 24.2 Å². The van der Waals surface area contributed by atoms with E-state index in [1.54, 1.807) is 42.7 Å². The number of benzene rings is 1. The fraction of sp³-hybridized carbons (Fsp3) is 0.567. The van der Waals surface area contributed by atoms with E-state index in [4.69, 9.17) is 4.74 Å². The van der Waals surface area contributed by atoms with Crippen LogP contribution in [0.3, 0.4) is 0 Å². The molecule has 1 aromatic carbocycles. The number of fused-ring (bicyclic) bond motifs is 1. The third-order valence-corrected chi connectivity index (χ3v) is 10.3. The van der Waals surface area contributed by atoms with E-state index in [0.717, 1.165) is 5.56 Å². The van der Waals surface area contributed by atoms with Crippen LogP contribution < -0.4 is 19.8 Å².